The fraction of sp³-hybridized carbons (Fsp3) is 0.458. The molecule has 2 atom stereocenters. The largest absolute Gasteiger partial charge is 0.349 e. The Morgan fingerprint density at radius 2 is 1.54 bits per heavy atom. The first kappa shape index (κ1) is 18.7. The van der Waals surface area contributed by atoms with Crippen LogP contribution in [0.25, 0.3) is 0 Å². The van der Waals surface area contributed by atoms with Crippen molar-refractivity contribution < 1.29 is 4.79 Å². The Balaban J connectivity index is 1.80. The lowest BCUT2D eigenvalue weighted by Crippen LogP contribution is -2.35. The Hall–Kier alpha value is -2.09. The highest BCUT2D eigenvalue weighted by atomic mass is 16.2. The van der Waals surface area contributed by atoms with Crippen molar-refractivity contribution in [2.45, 2.75) is 63.8 Å². The van der Waals surface area contributed by atoms with Crippen molar-refractivity contribution in [1.82, 2.24) is 5.32 Å². The summed E-state index contributed by atoms with van der Waals surface area (Å²) in [7, 11) is 0. The highest BCUT2D eigenvalue weighted by Crippen LogP contribution is 2.38. The van der Waals surface area contributed by atoms with Gasteiger partial charge in [0.25, 0.3) is 0 Å². The molecule has 1 aliphatic carbocycles. The van der Waals surface area contributed by atoms with Crippen LogP contribution in [-0.2, 0) is 4.79 Å². The van der Waals surface area contributed by atoms with Gasteiger partial charge in [0.2, 0.25) is 5.91 Å². The fourth-order valence-corrected chi connectivity index (χ4v) is 4.27. The normalized spacial score (nSPS) is 17.0. The standard InChI is InChI=1S/C24H31NO/c1-2-3-18-22(19-12-6-4-7-13-19)25-24(26)23(21-16-10-11-17-21)20-14-8-5-9-15-20/h4-9,12-15,21-23H,2-3,10-11,16-18H2,1H3,(H,25,26). The van der Waals surface area contributed by atoms with E-state index in [9.17, 15) is 4.79 Å². The topological polar surface area (TPSA) is 29.1 Å². The Kier molecular flexibility index (Phi) is 6.88. The maximum Gasteiger partial charge on any atom is 0.228 e. The summed E-state index contributed by atoms with van der Waals surface area (Å²) >= 11 is 0. The Morgan fingerprint density at radius 1 is 0.962 bits per heavy atom. The average molecular weight is 350 g/mol. The molecule has 3 rings (SSSR count). The molecule has 0 saturated heterocycles. The zero-order valence-corrected chi connectivity index (χ0v) is 15.9. The van der Waals surface area contributed by atoms with Crippen LogP contribution in [0.2, 0.25) is 0 Å². The van der Waals surface area contributed by atoms with Gasteiger partial charge >= 0.3 is 0 Å². The number of hydrogen-bond donors (Lipinski definition) is 1. The van der Waals surface area contributed by atoms with Gasteiger partial charge in [-0.1, -0.05) is 93.3 Å². The van der Waals surface area contributed by atoms with E-state index in [1.54, 1.807) is 0 Å². The SMILES string of the molecule is CCCCC(NC(=O)C(c1ccccc1)C1CCCC1)c1ccccc1. The minimum atomic E-state index is -0.0217. The number of amides is 1. The van der Waals surface area contributed by atoms with Crippen LogP contribution in [0.3, 0.4) is 0 Å². The van der Waals surface area contributed by atoms with E-state index in [4.69, 9.17) is 0 Å². The molecular formula is C24H31NO. The zero-order chi connectivity index (χ0) is 18.2. The molecule has 0 aromatic heterocycles. The van der Waals surface area contributed by atoms with Crippen LogP contribution >= 0.6 is 0 Å². The van der Waals surface area contributed by atoms with Gasteiger partial charge in [0.15, 0.2) is 0 Å². The number of benzene rings is 2. The lowest BCUT2D eigenvalue weighted by Gasteiger charge is -2.27. The molecule has 1 amide bonds. The smallest absolute Gasteiger partial charge is 0.228 e. The Labute approximate surface area is 158 Å². The lowest BCUT2D eigenvalue weighted by molar-refractivity contribution is -0.124. The first-order valence-electron chi connectivity index (χ1n) is 10.2. The number of carbonyl (C=O) groups is 1. The third-order valence-corrected chi connectivity index (χ3v) is 5.68. The molecule has 0 heterocycles. The maximum atomic E-state index is 13.4. The summed E-state index contributed by atoms with van der Waals surface area (Å²) < 4.78 is 0. The van der Waals surface area contributed by atoms with E-state index in [0.29, 0.717) is 5.92 Å². The Morgan fingerprint density at radius 3 is 2.12 bits per heavy atom. The van der Waals surface area contributed by atoms with Crippen LogP contribution in [0.1, 0.15) is 75.0 Å². The quantitative estimate of drug-likeness (QED) is 0.621. The maximum absolute atomic E-state index is 13.4. The molecule has 1 saturated carbocycles. The molecule has 26 heavy (non-hydrogen) atoms. The first-order valence-corrected chi connectivity index (χ1v) is 10.2. The van der Waals surface area contributed by atoms with Crippen LogP contribution in [0.4, 0.5) is 0 Å². The van der Waals surface area contributed by atoms with Crippen molar-refractivity contribution in [3.63, 3.8) is 0 Å². The number of carbonyl (C=O) groups excluding carboxylic acids is 1. The van der Waals surface area contributed by atoms with Crippen LogP contribution in [0.15, 0.2) is 60.7 Å². The highest BCUT2D eigenvalue weighted by Gasteiger charge is 2.32. The Bertz CT molecular complexity index is 661. The van der Waals surface area contributed by atoms with Crippen molar-refractivity contribution in [2.75, 3.05) is 0 Å². The number of nitrogens with one attached hydrogen (secondary N) is 1. The number of rotatable bonds is 8. The molecule has 1 fully saturated rings. The molecule has 0 radical (unpaired) electrons. The third-order valence-electron chi connectivity index (χ3n) is 5.68. The molecule has 0 spiro atoms. The number of hydrogen-bond acceptors (Lipinski definition) is 1. The van der Waals surface area contributed by atoms with Crippen molar-refractivity contribution in [3.8, 4) is 0 Å². The zero-order valence-electron chi connectivity index (χ0n) is 15.9. The van der Waals surface area contributed by atoms with Gasteiger partial charge in [0.1, 0.15) is 0 Å². The lowest BCUT2D eigenvalue weighted by atomic mass is 9.83. The molecule has 138 valence electrons. The van der Waals surface area contributed by atoms with Gasteiger partial charge in [-0.05, 0) is 36.3 Å². The van der Waals surface area contributed by atoms with Crippen LogP contribution < -0.4 is 5.32 Å². The van der Waals surface area contributed by atoms with E-state index in [0.717, 1.165) is 32.1 Å². The van der Waals surface area contributed by atoms with E-state index in [-0.39, 0.29) is 17.9 Å². The van der Waals surface area contributed by atoms with Gasteiger partial charge in [-0.3, -0.25) is 4.79 Å². The molecule has 2 heteroatoms. The summed E-state index contributed by atoms with van der Waals surface area (Å²) in [6, 6.07) is 20.9. The van der Waals surface area contributed by atoms with E-state index >= 15 is 0 Å². The summed E-state index contributed by atoms with van der Waals surface area (Å²) in [5, 5.41) is 3.40. The molecule has 1 N–H and O–H groups in total. The van der Waals surface area contributed by atoms with E-state index in [1.165, 1.54) is 24.0 Å². The van der Waals surface area contributed by atoms with Gasteiger partial charge in [-0.15, -0.1) is 0 Å². The minimum Gasteiger partial charge on any atom is -0.349 e. The average Bonchev–Trinajstić information content (AvgIpc) is 3.21. The molecule has 1 aliphatic rings. The predicted molar refractivity (Wildman–Crippen MR) is 108 cm³/mol. The molecule has 2 unspecified atom stereocenters. The van der Waals surface area contributed by atoms with Crippen molar-refractivity contribution in [1.29, 1.82) is 0 Å². The first-order chi connectivity index (χ1) is 12.8. The van der Waals surface area contributed by atoms with Crippen molar-refractivity contribution in [2.24, 2.45) is 5.92 Å². The van der Waals surface area contributed by atoms with Gasteiger partial charge in [-0.2, -0.15) is 0 Å². The second kappa shape index (κ2) is 9.56. The van der Waals surface area contributed by atoms with Gasteiger partial charge in [0.05, 0.1) is 12.0 Å². The monoisotopic (exact) mass is 349 g/mol. The second-order valence-electron chi connectivity index (χ2n) is 7.55. The highest BCUT2D eigenvalue weighted by molar-refractivity contribution is 5.84. The van der Waals surface area contributed by atoms with Crippen LogP contribution in [-0.4, -0.2) is 5.91 Å². The van der Waals surface area contributed by atoms with Crippen molar-refractivity contribution in [3.05, 3.63) is 71.8 Å². The fourth-order valence-electron chi connectivity index (χ4n) is 4.27. The third kappa shape index (κ3) is 4.75. The van der Waals surface area contributed by atoms with Crippen molar-refractivity contribution >= 4 is 5.91 Å². The molecule has 0 bridgehead atoms. The van der Waals surface area contributed by atoms with Crippen LogP contribution in [0.5, 0.6) is 0 Å². The van der Waals surface area contributed by atoms with Gasteiger partial charge in [0, 0.05) is 0 Å². The summed E-state index contributed by atoms with van der Waals surface area (Å²) in [5.41, 5.74) is 2.38. The van der Waals surface area contributed by atoms with Gasteiger partial charge in [-0.25, -0.2) is 0 Å². The molecular weight excluding hydrogens is 318 g/mol. The summed E-state index contributed by atoms with van der Waals surface area (Å²) in [5.74, 6) is 0.652. The summed E-state index contributed by atoms with van der Waals surface area (Å²) in [4.78, 5) is 13.4. The molecule has 0 aliphatic heterocycles. The summed E-state index contributed by atoms with van der Waals surface area (Å²) in [6.45, 7) is 2.20. The van der Waals surface area contributed by atoms with Gasteiger partial charge < -0.3 is 5.32 Å². The summed E-state index contributed by atoms with van der Waals surface area (Å²) in [6.07, 6.45) is 8.09. The predicted octanol–water partition coefficient (Wildman–Crippen LogP) is 6.01. The number of unbranched alkanes of at least 4 members (excludes halogenated alkanes) is 1. The molecule has 2 aromatic carbocycles. The van der Waals surface area contributed by atoms with E-state index in [1.807, 2.05) is 12.1 Å². The van der Waals surface area contributed by atoms with Crippen LogP contribution in [0, 0.1) is 5.92 Å². The van der Waals surface area contributed by atoms with E-state index in [2.05, 4.69) is 60.8 Å². The molecule has 2 aromatic rings. The molecule has 2 nitrogen and oxygen atoms in total. The minimum absolute atomic E-state index is 0.0217. The second-order valence-corrected chi connectivity index (χ2v) is 7.55. The van der Waals surface area contributed by atoms with E-state index < -0.39 is 0 Å².